The Bertz CT molecular complexity index is 1050. The van der Waals surface area contributed by atoms with E-state index in [0.717, 1.165) is 6.42 Å². The lowest BCUT2D eigenvalue weighted by Gasteiger charge is -2.56. The molecule has 0 aromatic rings. The number of nitrogens with zero attached hydrogens (tertiary/aromatic N) is 2. The Hall–Kier alpha value is -2.84. The third-order valence-corrected chi connectivity index (χ3v) is 9.36. The molecular formula is C25H34F3N5O4. The number of alkyl halides is 3. The molecule has 0 aromatic heterocycles. The van der Waals surface area contributed by atoms with Crippen LogP contribution in [0.25, 0.3) is 0 Å². The summed E-state index contributed by atoms with van der Waals surface area (Å²) in [6, 6.07) is 0.0821. The largest absolute Gasteiger partial charge is 0.471 e. The second-order valence-electron chi connectivity index (χ2n) is 12.2. The van der Waals surface area contributed by atoms with Crippen LogP contribution in [0.2, 0.25) is 0 Å². The number of hydrogen-bond donors (Lipinski definition) is 3. The molecule has 0 radical (unpaired) electrons. The first-order valence-electron chi connectivity index (χ1n) is 12.7. The Morgan fingerprint density at radius 2 is 1.89 bits per heavy atom. The zero-order chi connectivity index (χ0) is 27.6. The smallest absolute Gasteiger partial charge is 0.356 e. The summed E-state index contributed by atoms with van der Waals surface area (Å²) in [6.07, 6.45) is -3.20. The highest BCUT2D eigenvalue weighted by molar-refractivity contribution is 5.98. The van der Waals surface area contributed by atoms with Crippen LogP contribution in [0.15, 0.2) is 0 Å². The van der Waals surface area contributed by atoms with E-state index in [1.807, 2.05) is 25.2 Å². The van der Waals surface area contributed by atoms with Crippen molar-refractivity contribution in [3.05, 3.63) is 0 Å². The van der Waals surface area contributed by atoms with E-state index in [2.05, 4.69) is 10.6 Å². The standard InChI is InChI=1S/C25H34F3N5O4/c1-22(2)7-8-24(22,32-20(36)25(26,27)28)21(37)33-12-15-16(23(15,3)4)17(33)19(35)31-14(11-29)10-13-6-5-9-30-18(13)34/h13-17H,5-10,12H2,1-4H3,(H,30,34)(H,31,35)(H,32,36)/t13-,14-,15-,16-,17-,24?/m0/s1. The molecule has 0 bridgehead atoms. The summed E-state index contributed by atoms with van der Waals surface area (Å²) in [5, 5.41) is 17.1. The first kappa shape index (κ1) is 27.2. The molecule has 3 N–H and O–H groups in total. The minimum Gasteiger partial charge on any atom is -0.356 e. The van der Waals surface area contributed by atoms with E-state index in [1.165, 1.54) is 4.90 Å². The lowest BCUT2D eigenvalue weighted by atomic mass is 9.55. The Kier molecular flexibility index (Phi) is 6.53. The van der Waals surface area contributed by atoms with Gasteiger partial charge in [-0.1, -0.05) is 27.7 Å². The molecule has 9 nitrogen and oxygen atoms in total. The van der Waals surface area contributed by atoms with Crippen molar-refractivity contribution in [1.82, 2.24) is 20.9 Å². The minimum atomic E-state index is -5.16. The molecule has 1 unspecified atom stereocenters. The maximum Gasteiger partial charge on any atom is 0.471 e. The van der Waals surface area contributed by atoms with Crippen molar-refractivity contribution in [3.63, 3.8) is 0 Å². The topological polar surface area (TPSA) is 131 Å². The van der Waals surface area contributed by atoms with Crippen molar-refractivity contribution in [1.29, 1.82) is 5.26 Å². The van der Waals surface area contributed by atoms with E-state index in [4.69, 9.17) is 0 Å². The summed E-state index contributed by atoms with van der Waals surface area (Å²) in [7, 11) is 0. The van der Waals surface area contributed by atoms with Crippen LogP contribution in [-0.4, -0.2) is 65.4 Å². The van der Waals surface area contributed by atoms with Gasteiger partial charge in [-0.05, 0) is 54.8 Å². The van der Waals surface area contributed by atoms with Crippen LogP contribution in [-0.2, 0) is 19.2 Å². The van der Waals surface area contributed by atoms with Crippen molar-refractivity contribution in [3.8, 4) is 6.07 Å². The van der Waals surface area contributed by atoms with Crippen molar-refractivity contribution in [2.24, 2.45) is 28.6 Å². The number of hydrogen-bond acceptors (Lipinski definition) is 5. The molecule has 2 heterocycles. The molecule has 2 saturated carbocycles. The molecule has 37 heavy (non-hydrogen) atoms. The number of rotatable bonds is 6. The Labute approximate surface area is 213 Å². The molecule has 2 aliphatic carbocycles. The van der Waals surface area contributed by atoms with Gasteiger partial charge >= 0.3 is 12.1 Å². The maximum absolute atomic E-state index is 13.9. The summed E-state index contributed by atoms with van der Waals surface area (Å²) < 4.78 is 39.5. The first-order valence-corrected chi connectivity index (χ1v) is 12.7. The number of nitrogens with one attached hydrogen (secondary N) is 3. The Balaban J connectivity index is 1.56. The van der Waals surface area contributed by atoms with Crippen molar-refractivity contribution in [2.45, 2.75) is 83.6 Å². The van der Waals surface area contributed by atoms with Crippen LogP contribution < -0.4 is 16.0 Å². The van der Waals surface area contributed by atoms with Crippen LogP contribution in [0.4, 0.5) is 13.2 Å². The SMILES string of the molecule is CC1(C)[C@@H]2[C@@H](C(=O)N[C@H](C#N)C[C@@H]3CCCNC3=O)N(C(=O)C3(NC(=O)C(F)(F)F)CCC3(C)C)C[C@@H]21. The van der Waals surface area contributed by atoms with Gasteiger partial charge in [0.2, 0.25) is 17.7 Å². The minimum absolute atomic E-state index is 0.0296. The van der Waals surface area contributed by atoms with Gasteiger partial charge in [0.05, 0.1) is 6.07 Å². The molecule has 2 aliphatic heterocycles. The molecule has 2 saturated heterocycles. The monoisotopic (exact) mass is 525 g/mol. The predicted octanol–water partition coefficient (Wildman–Crippen LogP) is 1.63. The summed E-state index contributed by atoms with van der Waals surface area (Å²) in [4.78, 5) is 52.8. The van der Waals surface area contributed by atoms with E-state index in [-0.39, 0.29) is 42.5 Å². The molecule has 4 aliphatic rings. The number of likely N-dealkylation sites (tertiary alicyclic amines) is 1. The second-order valence-corrected chi connectivity index (χ2v) is 12.2. The Morgan fingerprint density at radius 3 is 2.41 bits per heavy atom. The normalized spacial score (nSPS) is 34.2. The third kappa shape index (κ3) is 4.44. The molecule has 4 rings (SSSR count). The van der Waals surface area contributed by atoms with E-state index in [1.54, 1.807) is 13.8 Å². The van der Waals surface area contributed by atoms with E-state index >= 15 is 0 Å². The van der Waals surface area contributed by atoms with Gasteiger partial charge in [-0.15, -0.1) is 0 Å². The highest BCUT2D eigenvalue weighted by Crippen LogP contribution is 2.65. The number of fused-ring (bicyclic) bond motifs is 1. The molecule has 12 heteroatoms. The van der Waals surface area contributed by atoms with Crippen molar-refractivity contribution < 1.29 is 32.3 Å². The number of amides is 4. The van der Waals surface area contributed by atoms with E-state index < -0.39 is 52.9 Å². The zero-order valence-corrected chi connectivity index (χ0v) is 21.5. The quantitative estimate of drug-likeness (QED) is 0.485. The fraction of sp³-hybridized carbons (Fsp3) is 0.800. The van der Waals surface area contributed by atoms with Crippen LogP contribution in [0, 0.1) is 39.9 Å². The van der Waals surface area contributed by atoms with E-state index in [0.29, 0.717) is 19.4 Å². The van der Waals surface area contributed by atoms with Gasteiger partial charge in [0.1, 0.15) is 17.6 Å². The number of nitriles is 1. The Morgan fingerprint density at radius 1 is 1.22 bits per heavy atom. The van der Waals surface area contributed by atoms with Crippen LogP contribution >= 0.6 is 0 Å². The van der Waals surface area contributed by atoms with Gasteiger partial charge in [0, 0.05) is 19.0 Å². The third-order valence-electron chi connectivity index (χ3n) is 9.36. The summed E-state index contributed by atoms with van der Waals surface area (Å²) in [6.45, 7) is 7.93. The molecule has 4 fully saturated rings. The van der Waals surface area contributed by atoms with Crippen molar-refractivity contribution in [2.75, 3.05) is 13.1 Å². The predicted molar refractivity (Wildman–Crippen MR) is 124 cm³/mol. The second kappa shape index (κ2) is 8.88. The fourth-order valence-electron chi connectivity index (χ4n) is 6.61. The van der Waals surface area contributed by atoms with Gasteiger partial charge in [0.15, 0.2) is 0 Å². The summed E-state index contributed by atoms with van der Waals surface area (Å²) in [5.41, 5.74) is -2.99. The molecular weight excluding hydrogens is 491 g/mol. The summed E-state index contributed by atoms with van der Waals surface area (Å²) in [5.74, 6) is -4.30. The molecule has 0 spiro atoms. The first-order chi connectivity index (χ1) is 17.1. The number of piperidine rings is 2. The lowest BCUT2D eigenvalue weighted by molar-refractivity contribution is -0.184. The average molecular weight is 526 g/mol. The van der Waals surface area contributed by atoms with Gasteiger partial charge in [0.25, 0.3) is 0 Å². The lowest BCUT2D eigenvalue weighted by Crippen LogP contribution is -2.74. The number of carbonyl (C=O) groups excluding carboxylic acids is 4. The van der Waals surface area contributed by atoms with Crippen LogP contribution in [0.5, 0.6) is 0 Å². The van der Waals surface area contributed by atoms with Gasteiger partial charge < -0.3 is 20.9 Å². The highest BCUT2D eigenvalue weighted by Gasteiger charge is 2.72. The van der Waals surface area contributed by atoms with Gasteiger partial charge in [-0.3, -0.25) is 19.2 Å². The molecule has 0 aromatic carbocycles. The van der Waals surface area contributed by atoms with Crippen LogP contribution in [0.1, 0.15) is 59.8 Å². The van der Waals surface area contributed by atoms with Crippen molar-refractivity contribution >= 4 is 23.6 Å². The molecule has 6 atom stereocenters. The fourth-order valence-corrected chi connectivity index (χ4v) is 6.61. The van der Waals surface area contributed by atoms with E-state index in [9.17, 15) is 37.6 Å². The molecule has 4 amide bonds. The zero-order valence-electron chi connectivity index (χ0n) is 21.5. The number of halogens is 3. The highest BCUT2D eigenvalue weighted by atomic mass is 19.4. The number of carbonyl (C=O) groups is 4. The summed E-state index contributed by atoms with van der Waals surface area (Å²) >= 11 is 0. The maximum atomic E-state index is 13.9. The van der Waals surface area contributed by atoms with Gasteiger partial charge in [-0.2, -0.15) is 18.4 Å². The van der Waals surface area contributed by atoms with Crippen LogP contribution in [0.3, 0.4) is 0 Å². The average Bonchev–Trinajstić information content (AvgIpc) is 3.15. The molecule has 204 valence electrons. The van der Waals surface area contributed by atoms with Gasteiger partial charge in [-0.25, -0.2) is 0 Å².